The molecule has 2 aromatic heterocycles. The fourth-order valence-electron chi connectivity index (χ4n) is 2.55. The van der Waals surface area contributed by atoms with Gasteiger partial charge < -0.3 is 15.2 Å². The Morgan fingerprint density at radius 1 is 1.56 bits per heavy atom. The Labute approximate surface area is 104 Å². The first kappa shape index (κ1) is 11.0. The van der Waals surface area contributed by atoms with E-state index >= 15 is 0 Å². The zero-order valence-electron chi connectivity index (χ0n) is 10.2. The van der Waals surface area contributed by atoms with Crippen molar-refractivity contribution in [3.63, 3.8) is 0 Å². The number of hydrogen-bond donors (Lipinski definition) is 2. The third kappa shape index (κ3) is 1.61. The molecule has 0 aromatic carbocycles. The van der Waals surface area contributed by atoms with Gasteiger partial charge in [-0.05, 0) is 18.9 Å². The lowest BCUT2D eigenvalue weighted by atomic mass is 10.2. The number of aromatic nitrogens is 3. The molecule has 0 saturated carbocycles. The van der Waals surface area contributed by atoms with Crippen LogP contribution < -0.4 is 10.2 Å². The van der Waals surface area contributed by atoms with Crippen molar-refractivity contribution in [3.8, 4) is 0 Å². The van der Waals surface area contributed by atoms with Gasteiger partial charge in [-0.3, -0.25) is 4.79 Å². The molecule has 0 bridgehead atoms. The summed E-state index contributed by atoms with van der Waals surface area (Å²) in [5.74, 6) is 0.891. The molecule has 1 amide bonds. The van der Waals surface area contributed by atoms with E-state index in [1.807, 2.05) is 12.3 Å². The molecule has 94 valence electrons. The summed E-state index contributed by atoms with van der Waals surface area (Å²) in [5, 5.41) is 3.68. The van der Waals surface area contributed by atoms with Crippen LogP contribution in [0.15, 0.2) is 18.6 Å². The van der Waals surface area contributed by atoms with Crippen LogP contribution in [0.1, 0.15) is 12.8 Å². The van der Waals surface area contributed by atoms with Gasteiger partial charge in [-0.15, -0.1) is 0 Å². The summed E-state index contributed by atoms with van der Waals surface area (Å²) < 4.78 is 0. The van der Waals surface area contributed by atoms with Crippen molar-refractivity contribution in [1.29, 1.82) is 0 Å². The third-order valence-corrected chi connectivity index (χ3v) is 3.41. The molecular weight excluding hydrogens is 230 g/mol. The smallest absolute Gasteiger partial charge is 0.242 e. The van der Waals surface area contributed by atoms with Crippen LogP contribution >= 0.6 is 0 Å². The van der Waals surface area contributed by atoms with Crippen molar-refractivity contribution in [3.05, 3.63) is 18.6 Å². The summed E-state index contributed by atoms with van der Waals surface area (Å²) >= 11 is 0. The van der Waals surface area contributed by atoms with Gasteiger partial charge in [-0.25, -0.2) is 9.97 Å². The van der Waals surface area contributed by atoms with Crippen LogP contribution in [-0.2, 0) is 4.79 Å². The number of nitrogens with one attached hydrogen (secondary N) is 2. The Morgan fingerprint density at radius 3 is 3.28 bits per heavy atom. The van der Waals surface area contributed by atoms with E-state index in [1.165, 1.54) is 6.33 Å². The molecule has 6 nitrogen and oxygen atoms in total. The number of nitrogens with zero attached hydrogens (tertiary/aromatic N) is 3. The molecule has 2 N–H and O–H groups in total. The van der Waals surface area contributed by atoms with Crippen LogP contribution in [0.4, 0.5) is 5.82 Å². The van der Waals surface area contributed by atoms with Gasteiger partial charge in [-0.1, -0.05) is 0 Å². The van der Waals surface area contributed by atoms with Gasteiger partial charge in [0.1, 0.15) is 23.8 Å². The average Bonchev–Trinajstić information content (AvgIpc) is 3.05. The Balaban J connectivity index is 2.03. The predicted molar refractivity (Wildman–Crippen MR) is 68.3 cm³/mol. The number of aromatic amines is 1. The lowest BCUT2D eigenvalue weighted by molar-refractivity contribution is -0.121. The number of rotatable bonds is 2. The maximum atomic E-state index is 11.9. The zero-order valence-corrected chi connectivity index (χ0v) is 10.2. The maximum absolute atomic E-state index is 11.9. The molecule has 1 aliphatic heterocycles. The SMILES string of the molecule is CNC(=O)C1CCCN1c1ncnc2[nH]ccc12. The number of H-pyrrole nitrogens is 1. The highest BCUT2D eigenvalue weighted by Crippen LogP contribution is 2.28. The van der Waals surface area contributed by atoms with Gasteiger partial charge in [0.15, 0.2) is 0 Å². The fraction of sp³-hybridized carbons (Fsp3) is 0.417. The second-order valence-electron chi connectivity index (χ2n) is 4.40. The van der Waals surface area contributed by atoms with Crippen LogP contribution in [-0.4, -0.2) is 40.5 Å². The first-order valence-corrected chi connectivity index (χ1v) is 6.07. The van der Waals surface area contributed by atoms with Gasteiger partial charge >= 0.3 is 0 Å². The van der Waals surface area contributed by atoms with E-state index in [2.05, 4.69) is 25.2 Å². The molecule has 1 aliphatic rings. The topological polar surface area (TPSA) is 73.9 Å². The van der Waals surface area contributed by atoms with E-state index in [0.29, 0.717) is 0 Å². The van der Waals surface area contributed by atoms with Crippen LogP contribution in [0, 0.1) is 0 Å². The number of anilines is 1. The molecule has 1 saturated heterocycles. The second kappa shape index (κ2) is 4.29. The van der Waals surface area contributed by atoms with Crippen molar-refractivity contribution in [2.24, 2.45) is 0 Å². The minimum absolute atomic E-state index is 0.0507. The van der Waals surface area contributed by atoms with Crippen molar-refractivity contribution in [2.45, 2.75) is 18.9 Å². The van der Waals surface area contributed by atoms with Gasteiger partial charge in [0.25, 0.3) is 0 Å². The summed E-state index contributed by atoms with van der Waals surface area (Å²) in [6, 6.07) is 1.83. The van der Waals surface area contributed by atoms with E-state index in [0.717, 1.165) is 36.2 Å². The van der Waals surface area contributed by atoms with Gasteiger partial charge in [-0.2, -0.15) is 0 Å². The molecular formula is C12H15N5O. The highest BCUT2D eigenvalue weighted by Gasteiger charge is 2.32. The average molecular weight is 245 g/mol. The Morgan fingerprint density at radius 2 is 2.44 bits per heavy atom. The van der Waals surface area contributed by atoms with Gasteiger partial charge in [0, 0.05) is 19.8 Å². The quantitative estimate of drug-likeness (QED) is 0.815. The number of amides is 1. The van der Waals surface area contributed by atoms with Crippen LogP contribution in [0.3, 0.4) is 0 Å². The lowest BCUT2D eigenvalue weighted by Crippen LogP contribution is -2.42. The summed E-state index contributed by atoms with van der Waals surface area (Å²) in [5.41, 5.74) is 0.808. The molecule has 6 heteroatoms. The molecule has 3 heterocycles. The Hall–Kier alpha value is -2.11. The van der Waals surface area contributed by atoms with E-state index in [1.54, 1.807) is 7.05 Å². The second-order valence-corrected chi connectivity index (χ2v) is 4.40. The molecule has 1 atom stereocenters. The minimum atomic E-state index is -0.122. The molecule has 0 spiro atoms. The summed E-state index contributed by atoms with van der Waals surface area (Å²) in [6.07, 6.45) is 5.25. The van der Waals surface area contributed by atoms with Crippen molar-refractivity contribution < 1.29 is 4.79 Å². The summed E-state index contributed by atoms with van der Waals surface area (Å²) in [7, 11) is 1.67. The number of hydrogen-bond acceptors (Lipinski definition) is 4. The predicted octanol–water partition coefficient (Wildman–Crippen LogP) is 0.673. The third-order valence-electron chi connectivity index (χ3n) is 3.41. The maximum Gasteiger partial charge on any atom is 0.242 e. The molecule has 1 fully saturated rings. The molecule has 18 heavy (non-hydrogen) atoms. The van der Waals surface area contributed by atoms with Crippen LogP contribution in [0.5, 0.6) is 0 Å². The molecule has 0 aliphatic carbocycles. The van der Waals surface area contributed by atoms with Crippen LogP contribution in [0.25, 0.3) is 11.0 Å². The van der Waals surface area contributed by atoms with E-state index < -0.39 is 0 Å². The number of carbonyl (C=O) groups excluding carboxylic acids is 1. The highest BCUT2D eigenvalue weighted by atomic mass is 16.2. The first-order chi connectivity index (χ1) is 8.81. The van der Waals surface area contributed by atoms with Gasteiger partial charge in [0.05, 0.1) is 5.39 Å². The largest absolute Gasteiger partial charge is 0.357 e. The van der Waals surface area contributed by atoms with Crippen molar-refractivity contribution >= 4 is 22.8 Å². The normalized spacial score (nSPS) is 19.4. The highest BCUT2D eigenvalue weighted by molar-refractivity contribution is 5.92. The fourth-order valence-corrected chi connectivity index (χ4v) is 2.55. The van der Waals surface area contributed by atoms with Gasteiger partial charge in [0.2, 0.25) is 5.91 Å². The van der Waals surface area contributed by atoms with E-state index in [4.69, 9.17) is 0 Å². The number of carbonyl (C=O) groups is 1. The lowest BCUT2D eigenvalue weighted by Gasteiger charge is -2.24. The monoisotopic (exact) mass is 245 g/mol. The molecule has 2 aromatic rings. The summed E-state index contributed by atoms with van der Waals surface area (Å²) in [6.45, 7) is 0.857. The minimum Gasteiger partial charge on any atom is -0.357 e. The molecule has 0 radical (unpaired) electrons. The Kier molecular flexibility index (Phi) is 2.62. The first-order valence-electron chi connectivity index (χ1n) is 6.07. The number of likely N-dealkylation sites (N-methyl/N-ethyl adjacent to an activating group) is 1. The van der Waals surface area contributed by atoms with E-state index in [9.17, 15) is 4.79 Å². The number of fused-ring (bicyclic) bond motifs is 1. The van der Waals surface area contributed by atoms with Crippen LogP contribution in [0.2, 0.25) is 0 Å². The Bertz CT molecular complexity index is 579. The standard InChI is InChI=1S/C12H15N5O/c1-13-12(18)9-3-2-6-17(9)11-8-4-5-14-10(8)15-7-16-11/h4-5,7,9H,2-3,6H2,1H3,(H,13,18)(H,14,15,16). The van der Waals surface area contributed by atoms with Crippen molar-refractivity contribution in [2.75, 3.05) is 18.5 Å². The molecule has 3 rings (SSSR count). The van der Waals surface area contributed by atoms with E-state index in [-0.39, 0.29) is 11.9 Å². The van der Waals surface area contributed by atoms with Crippen molar-refractivity contribution in [1.82, 2.24) is 20.3 Å². The summed E-state index contributed by atoms with van der Waals surface area (Å²) in [4.78, 5) is 25.5. The zero-order chi connectivity index (χ0) is 12.5. The molecule has 1 unspecified atom stereocenters.